The van der Waals surface area contributed by atoms with Gasteiger partial charge in [0.15, 0.2) is 0 Å². The first-order valence-corrected chi connectivity index (χ1v) is 8.02. The second-order valence-corrected chi connectivity index (χ2v) is 6.54. The van der Waals surface area contributed by atoms with E-state index in [1.54, 1.807) is 11.3 Å². The van der Waals surface area contributed by atoms with Gasteiger partial charge in [-0.15, -0.1) is 23.1 Å². The average molecular weight is 301 g/mol. The smallest absolute Gasteiger partial charge is 0.306 e. The van der Waals surface area contributed by atoms with Gasteiger partial charge in [0.25, 0.3) is 0 Å². The van der Waals surface area contributed by atoms with Crippen LogP contribution in [0.2, 0.25) is 0 Å². The van der Waals surface area contributed by atoms with Crippen LogP contribution < -0.4 is 5.32 Å². The molecule has 1 aromatic rings. The van der Waals surface area contributed by atoms with Gasteiger partial charge in [0.1, 0.15) is 0 Å². The lowest BCUT2D eigenvalue weighted by molar-refractivity contribution is -0.140. The molecule has 0 bridgehead atoms. The Morgan fingerprint density at radius 1 is 1.53 bits per heavy atom. The van der Waals surface area contributed by atoms with Gasteiger partial charge in [-0.1, -0.05) is 13.0 Å². The average Bonchev–Trinajstić information content (AvgIpc) is 2.89. The molecule has 106 valence electrons. The summed E-state index contributed by atoms with van der Waals surface area (Å²) in [7, 11) is 1.37. The van der Waals surface area contributed by atoms with Crippen molar-refractivity contribution < 1.29 is 14.3 Å². The Labute approximate surface area is 121 Å². The third-order valence-electron chi connectivity index (χ3n) is 2.45. The zero-order valence-corrected chi connectivity index (χ0v) is 12.8. The molecule has 19 heavy (non-hydrogen) atoms. The van der Waals surface area contributed by atoms with Crippen LogP contribution in [0.5, 0.6) is 0 Å². The number of nitrogens with one attached hydrogen (secondary N) is 1. The van der Waals surface area contributed by atoms with Crippen LogP contribution in [0.4, 0.5) is 0 Å². The molecule has 0 aliphatic rings. The zero-order valence-electron chi connectivity index (χ0n) is 11.2. The molecule has 0 aromatic carbocycles. The summed E-state index contributed by atoms with van der Waals surface area (Å²) in [6, 6.07) is 4.07. The molecule has 1 unspecified atom stereocenters. The summed E-state index contributed by atoms with van der Waals surface area (Å²) in [5, 5.41) is 5.00. The van der Waals surface area contributed by atoms with Crippen molar-refractivity contribution in [3.05, 3.63) is 22.4 Å². The Balaban J connectivity index is 2.09. The first-order chi connectivity index (χ1) is 9.11. The van der Waals surface area contributed by atoms with Crippen LogP contribution in [0.15, 0.2) is 17.5 Å². The molecule has 0 aliphatic carbocycles. The number of carbonyl (C=O) groups excluding carboxylic acids is 2. The molecular formula is C13H19NO3S2. The number of esters is 1. The highest BCUT2D eigenvalue weighted by Gasteiger charge is 2.11. The van der Waals surface area contributed by atoms with Crippen molar-refractivity contribution in [1.82, 2.24) is 5.32 Å². The number of ether oxygens (including phenoxy) is 1. The fourth-order valence-electron chi connectivity index (χ4n) is 1.43. The molecule has 1 atom stereocenters. The van der Waals surface area contributed by atoms with Crippen LogP contribution in [0, 0.1) is 0 Å². The van der Waals surface area contributed by atoms with E-state index in [2.05, 4.69) is 16.1 Å². The molecular weight excluding hydrogens is 282 g/mol. The third-order valence-corrected chi connectivity index (χ3v) is 4.56. The second kappa shape index (κ2) is 8.98. The monoisotopic (exact) mass is 301 g/mol. The van der Waals surface area contributed by atoms with Crippen molar-refractivity contribution in [3.8, 4) is 0 Å². The predicted molar refractivity (Wildman–Crippen MR) is 79.6 cm³/mol. The van der Waals surface area contributed by atoms with Gasteiger partial charge in [0.05, 0.1) is 19.3 Å². The molecule has 1 N–H and O–H groups in total. The summed E-state index contributed by atoms with van der Waals surface area (Å²) in [4.78, 5) is 23.9. The number of thiophene rings is 1. The van der Waals surface area contributed by atoms with Crippen LogP contribution in [-0.4, -0.2) is 36.5 Å². The fraction of sp³-hybridized carbons (Fsp3) is 0.538. The molecule has 6 heteroatoms. The SMILES string of the molecule is COC(=O)CC(C)SCC(=O)NCCc1cccs1. The van der Waals surface area contributed by atoms with Crippen LogP contribution in [-0.2, 0) is 20.7 Å². The molecule has 1 heterocycles. The van der Waals surface area contributed by atoms with E-state index in [1.165, 1.54) is 23.7 Å². The quantitative estimate of drug-likeness (QED) is 0.747. The van der Waals surface area contributed by atoms with E-state index in [-0.39, 0.29) is 17.1 Å². The van der Waals surface area contributed by atoms with Crippen molar-refractivity contribution in [2.24, 2.45) is 0 Å². The molecule has 0 aliphatic heterocycles. The first-order valence-electron chi connectivity index (χ1n) is 6.09. The number of methoxy groups -OCH3 is 1. The van der Waals surface area contributed by atoms with Crippen LogP contribution in [0.3, 0.4) is 0 Å². The van der Waals surface area contributed by atoms with Gasteiger partial charge in [-0.05, 0) is 17.9 Å². The highest BCUT2D eigenvalue weighted by Crippen LogP contribution is 2.14. The van der Waals surface area contributed by atoms with Crippen molar-refractivity contribution in [2.45, 2.75) is 25.0 Å². The Bertz CT molecular complexity index is 393. The Hall–Kier alpha value is -1.01. The van der Waals surface area contributed by atoms with Crippen LogP contribution in [0.1, 0.15) is 18.2 Å². The van der Waals surface area contributed by atoms with E-state index < -0.39 is 0 Å². The van der Waals surface area contributed by atoms with E-state index in [4.69, 9.17) is 0 Å². The fourth-order valence-corrected chi connectivity index (χ4v) is 2.93. The van der Waals surface area contributed by atoms with Gasteiger partial charge in [-0.3, -0.25) is 9.59 Å². The summed E-state index contributed by atoms with van der Waals surface area (Å²) in [5.41, 5.74) is 0. The number of amides is 1. The largest absolute Gasteiger partial charge is 0.469 e. The molecule has 1 amide bonds. The van der Waals surface area contributed by atoms with Gasteiger partial charge >= 0.3 is 5.97 Å². The van der Waals surface area contributed by atoms with Gasteiger partial charge < -0.3 is 10.1 Å². The number of thioether (sulfide) groups is 1. The van der Waals surface area contributed by atoms with E-state index >= 15 is 0 Å². The maximum atomic E-state index is 11.6. The third kappa shape index (κ3) is 7.22. The Morgan fingerprint density at radius 2 is 2.32 bits per heavy atom. The van der Waals surface area contributed by atoms with Crippen molar-refractivity contribution in [1.29, 1.82) is 0 Å². The summed E-state index contributed by atoms with van der Waals surface area (Å²) in [5.74, 6) is 0.152. The number of carbonyl (C=O) groups is 2. The van der Waals surface area contributed by atoms with Crippen molar-refractivity contribution >= 4 is 35.0 Å². The van der Waals surface area contributed by atoms with E-state index in [1.807, 2.05) is 18.4 Å². The van der Waals surface area contributed by atoms with Crippen LogP contribution >= 0.6 is 23.1 Å². The molecule has 1 aromatic heterocycles. The van der Waals surface area contributed by atoms with E-state index in [9.17, 15) is 9.59 Å². The van der Waals surface area contributed by atoms with Gasteiger partial charge in [0.2, 0.25) is 5.91 Å². The minimum Gasteiger partial charge on any atom is -0.469 e. The summed E-state index contributed by atoms with van der Waals surface area (Å²) in [6.07, 6.45) is 1.20. The predicted octanol–water partition coefficient (Wildman–Crippen LogP) is 2.09. The molecule has 0 saturated carbocycles. The van der Waals surface area contributed by atoms with Gasteiger partial charge in [-0.25, -0.2) is 0 Å². The lowest BCUT2D eigenvalue weighted by Gasteiger charge is -2.09. The molecule has 4 nitrogen and oxygen atoms in total. The Morgan fingerprint density at radius 3 is 2.95 bits per heavy atom. The molecule has 0 saturated heterocycles. The molecule has 1 rings (SSSR count). The lowest BCUT2D eigenvalue weighted by atomic mass is 10.3. The maximum Gasteiger partial charge on any atom is 0.306 e. The van der Waals surface area contributed by atoms with Crippen molar-refractivity contribution in [3.63, 3.8) is 0 Å². The molecule has 0 spiro atoms. The lowest BCUT2D eigenvalue weighted by Crippen LogP contribution is -2.28. The van der Waals surface area contributed by atoms with E-state index in [0.717, 1.165) is 6.42 Å². The topological polar surface area (TPSA) is 55.4 Å². The molecule has 0 fully saturated rings. The number of rotatable bonds is 8. The number of hydrogen-bond acceptors (Lipinski definition) is 5. The maximum absolute atomic E-state index is 11.6. The Kier molecular flexibility index (Phi) is 7.59. The van der Waals surface area contributed by atoms with Gasteiger partial charge in [0, 0.05) is 16.7 Å². The van der Waals surface area contributed by atoms with Crippen molar-refractivity contribution in [2.75, 3.05) is 19.4 Å². The van der Waals surface area contributed by atoms with Crippen LogP contribution in [0.25, 0.3) is 0 Å². The molecule has 0 radical (unpaired) electrons. The van der Waals surface area contributed by atoms with Gasteiger partial charge in [-0.2, -0.15) is 0 Å². The van der Waals surface area contributed by atoms with E-state index in [0.29, 0.717) is 18.7 Å². The highest BCUT2D eigenvalue weighted by atomic mass is 32.2. The summed E-state index contributed by atoms with van der Waals surface area (Å²) in [6.45, 7) is 2.58. The first kappa shape index (κ1) is 16.0. The summed E-state index contributed by atoms with van der Waals surface area (Å²) >= 11 is 3.16. The second-order valence-electron chi connectivity index (χ2n) is 4.08. The zero-order chi connectivity index (χ0) is 14.1. The highest BCUT2D eigenvalue weighted by molar-refractivity contribution is 8.00. The summed E-state index contributed by atoms with van der Waals surface area (Å²) < 4.78 is 4.58. The minimum absolute atomic E-state index is 0.0123. The minimum atomic E-state index is -0.238. The normalized spacial score (nSPS) is 11.9. The standard InChI is InChI=1S/C13H19NO3S2/c1-10(8-13(16)17-2)19-9-12(15)14-6-5-11-4-3-7-18-11/h3-4,7,10H,5-6,8-9H2,1-2H3,(H,14,15). The number of hydrogen-bond donors (Lipinski definition) is 1.